The molecule has 116 valence electrons. The normalized spacial score (nSPS) is 10.7. The van der Waals surface area contributed by atoms with Crippen molar-refractivity contribution in [2.24, 2.45) is 0 Å². The van der Waals surface area contributed by atoms with E-state index in [9.17, 15) is 14.0 Å². The third-order valence-electron chi connectivity index (χ3n) is 3.18. The van der Waals surface area contributed by atoms with Gasteiger partial charge in [-0.1, -0.05) is 11.6 Å². The Kier molecular flexibility index (Phi) is 3.97. The van der Waals surface area contributed by atoms with Crippen LogP contribution in [0, 0.1) is 10.6 Å². The zero-order valence-corrected chi connectivity index (χ0v) is 13.0. The molecule has 0 aliphatic carbocycles. The SMILES string of the molecule is O=C(Nc1ccc(F)c(Cl)c1)c1ccc2c(=O)[nH]c(=S)[nH]c2c1. The molecule has 1 heterocycles. The zero-order chi connectivity index (χ0) is 16.6. The van der Waals surface area contributed by atoms with E-state index < -0.39 is 11.7 Å². The summed E-state index contributed by atoms with van der Waals surface area (Å²) in [5, 5.41) is 2.91. The van der Waals surface area contributed by atoms with Gasteiger partial charge in [0.15, 0.2) is 4.77 Å². The van der Waals surface area contributed by atoms with E-state index in [0.29, 0.717) is 22.2 Å². The van der Waals surface area contributed by atoms with E-state index >= 15 is 0 Å². The van der Waals surface area contributed by atoms with Crippen LogP contribution in [0.2, 0.25) is 5.02 Å². The second-order valence-corrected chi connectivity index (χ2v) is 5.57. The van der Waals surface area contributed by atoms with Crippen LogP contribution in [0.4, 0.5) is 10.1 Å². The van der Waals surface area contributed by atoms with Gasteiger partial charge in [0.25, 0.3) is 11.5 Å². The molecule has 3 N–H and O–H groups in total. The number of halogens is 2. The van der Waals surface area contributed by atoms with Gasteiger partial charge < -0.3 is 10.3 Å². The summed E-state index contributed by atoms with van der Waals surface area (Å²) in [6, 6.07) is 8.42. The first-order chi connectivity index (χ1) is 10.9. The average molecular weight is 350 g/mol. The topological polar surface area (TPSA) is 77.8 Å². The molecule has 0 saturated carbocycles. The van der Waals surface area contributed by atoms with Crippen molar-refractivity contribution in [3.05, 3.63) is 67.9 Å². The van der Waals surface area contributed by atoms with Gasteiger partial charge in [-0.15, -0.1) is 0 Å². The number of aromatic amines is 2. The second-order valence-electron chi connectivity index (χ2n) is 4.75. The molecule has 3 rings (SSSR count). The van der Waals surface area contributed by atoms with Crippen LogP contribution in [0.5, 0.6) is 0 Å². The van der Waals surface area contributed by atoms with Crippen molar-refractivity contribution in [2.75, 3.05) is 5.32 Å². The molecule has 0 aliphatic heterocycles. The van der Waals surface area contributed by atoms with Crippen LogP contribution in [0.3, 0.4) is 0 Å². The average Bonchev–Trinajstić information content (AvgIpc) is 2.50. The van der Waals surface area contributed by atoms with Crippen LogP contribution in [0.1, 0.15) is 10.4 Å². The molecule has 0 atom stereocenters. The minimum atomic E-state index is -0.567. The Balaban J connectivity index is 1.96. The number of benzene rings is 2. The molecular formula is C15H9ClFN3O2S. The Morgan fingerprint density at radius 2 is 1.96 bits per heavy atom. The number of anilines is 1. The third-order valence-corrected chi connectivity index (χ3v) is 3.67. The molecule has 0 aliphatic rings. The lowest BCUT2D eigenvalue weighted by atomic mass is 10.1. The number of nitrogens with one attached hydrogen (secondary N) is 3. The van der Waals surface area contributed by atoms with Crippen LogP contribution in [0.25, 0.3) is 10.9 Å². The van der Waals surface area contributed by atoms with Crippen LogP contribution in [-0.2, 0) is 0 Å². The first-order valence-electron chi connectivity index (χ1n) is 6.47. The lowest BCUT2D eigenvalue weighted by Gasteiger charge is -2.07. The third kappa shape index (κ3) is 3.15. The van der Waals surface area contributed by atoms with E-state index in [-0.39, 0.29) is 15.4 Å². The van der Waals surface area contributed by atoms with Gasteiger partial charge >= 0.3 is 0 Å². The number of H-pyrrole nitrogens is 2. The quantitative estimate of drug-likeness (QED) is 0.618. The Morgan fingerprint density at radius 1 is 1.17 bits per heavy atom. The number of fused-ring (bicyclic) bond motifs is 1. The number of hydrogen-bond acceptors (Lipinski definition) is 3. The van der Waals surface area contributed by atoms with Crippen LogP contribution in [-0.4, -0.2) is 15.9 Å². The number of carbonyl (C=O) groups excluding carboxylic acids is 1. The number of hydrogen-bond donors (Lipinski definition) is 3. The highest BCUT2D eigenvalue weighted by Gasteiger charge is 2.10. The number of carbonyl (C=O) groups is 1. The van der Waals surface area contributed by atoms with Crippen molar-refractivity contribution in [1.29, 1.82) is 0 Å². The second kappa shape index (κ2) is 5.94. The Morgan fingerprint density at radius 3 is 2.70 bits per heavy atom. The largest absolute Gasteiger partial charge is 0.332 e. The van der Waals surface area contributed by atoms with Crippen LogP contribution in [0.15, 0.2) is 41.2 Å². The fourth-order valence-corrected chi connectivity index (χ4v) is 2.47. The molecule has 5 nitrogen and oxygen atoms in total. The van der Waals surface area contributed by atoms with E-state index in [1.54, 1.807) is 0 Å². The van der Waals surface area contributed by atoms with E-state index in [2.05, 4.69) is 15.3 Å². The molecule has 3 aromatic rings. The van der Waals surface area contributed by atoms with Gasteiger partial charge in [0.2, 0.25) is 0 Å². The minimum absolute atomic E-state index is 0.0862. The highest BCUT2D eigenvalue weighted by Crippen LogP contribution is 2.20. The van der Waals surface area contributed by atoms with Crippen molar-refractivity contribution >= 4 is 46.3 Å². The number of rotatable bonds is 2. The monoisotopic (exact) mass is 349 g/mol. The van der Waals surface area contributed by atoms with E-state index in [4.69, 9.17) is 23.8 Å². The summed E-state index contributed by atoms with van der Waals surface area (Å²) in [6.45, 7) is 0. The van der Waals surface area contributed by atoms with Crippen molar-refractivity contribution in [3.63, 3.8) is 0 Å². The molecule has 1 amide bonds. The summed E-state index contributed by atoms with van der Waals surface area (Å²) in [4.78, 5) is 29.3. The van der Waals surface area contributed by atoms with Crippen LogP contribution < -0.4 is 10.9 Å². The fourth-order valence-electron chi connectivity index (χ4n) is 2.09. The van der Waals surface area contributed by atoms with E-state index in [0.717, 1.165) is 6.07 Å². The molecule has 1 aromatic heterocycles. The fraction of sp³-hybridized carbons (Fsp3) is 0. The van der Waals surface area contributed by atoms with Crippen LogP contribution >= 0.6 is 23.8 Å². The maximum atomic E-state index is 13.1. The molecule has 0 bridgehead atoms. The summed E-state index contributed by atoms with van der Waals surface area (Å²) < 4.78 is 13.3. The predicted octanol–water partition coefficient (Wildman–Crippen LogP) is 3.63. The maximum Gasteiger partial charge on any atom is 0.259 e. The molecule has 0 fully saturated rings. The molecule has 8 heteroatoms. The summed E-state index contributed by atoms with van der Waals surface area (Å²) >= 11 is 10.6. The van der Waals surface area contributed by atoms with E-state index in [1.165, 1.54) is 30.3 Å². The van der Waals surface area contributed by atoms with E-state index in [1.807, 2.05) is 0 Å². The summed E-state index contributed by atoms with van der Waals surface area (Å²) in [6.07, 6.45) is 0. The van der Waals surface area contributed by atoms with Crippen molar-refractivity contribution in [3.8, 4) is 0 Å². The lowest BCUT2D eigenvalue weighted by molar-refractivity contribution is 0.102. The smallest absolute Gasteiger partial charge is 0.259 e. The maximum absolute atomic E-state index is 13.1. The molecule has 0 spiro atoms. The number of aromatic nitrogens is 2. The zero-order valence-electron chi connectivity index (χ0n) is 11.4. The highest BCUT2D eigenvalue weighted by atomic mass is 35.5. The Labute approximate surface area is 139 Å². The van der Waals surface area contributed by atoms with Gasteiger partial charge in [-0.25, -0.2) is 4.39 Å². The van der Waals surface area contributed by atoms with Crippen molar-refractivity contribution in [2.45, 2.75) is 0 Å². The van der Waals surface area contributed by atoms with Gasteiger partial charge in [0.05, 0.1) is 15.9 Å². The van der Waals surface area contributed by atoms with Gasteiger partial charge in [-0.2, -0.15) is 0 Å². The first-order valence-corrected chi connectivity index (χ1v) is 7.25. The summed E-state index contributed by atoms with van der Waals surface area (Å²) in [5.74, 6) is -0.989. The molecular weight excluding hydrogens is 341 g/mol. The predicted molar refractivity (Wildman–Crippen MR) is 89.1 cm³/mol. The lowest BCUT2D eigenvalue weighted by Crippen LogP contribution is -2.13. The Hall–Kier alpha value is -2.51. The molecule has 23 heavy (non-hydrogen) atoms. The molecule has 2 aromatic carbocycles. The molecule has 0 saturated heterocycles. The first kappa shape index (κ1) is 15.4. The highest BCUT2D eigenvalue weighted by molar-refractivity contribution is 7.71. The van der Waals surface area contributed by atoms with Gasteiger partial charge in [-0.05, 0) is 48.6 Å². The molecule has 0 unspecified atom stereocenters. The summed E-state index contributed by atoms with van der Waals surface area (Å²) in [7, 11) is 0. The standard InChI is InChI=1S/C15H9ClFN3O2S/c16-10-6-8(2-4-11(10)17)18-13(21)7-1-3-9-12(5-7)19-15(23)20-14(9)22/h1-6H,(H,18,21)(H2,19,20,22,23). The van der Waals surface area contributed by atoms with Gasteiger partial charge in [0.1, 0.15) is 5.82 Å². The van der Waals surface area contributed by atoms with Crippen molar-refractivity contribution in [1.82, 2.24) is 9.97 Å². The van der Waals surface area contributed by atoms with Crippen molar-refractivity contribution < 1.29 is 9.18 Å². The van der Waals surface area contributed by atoms with Gasteiger partial charge in [-0.3, -0.25) is 14.6 Å². The summed E-state index contributed by atoms with van der Waals surface area (Å²) in [5.41, 5.74) is 0.791. The number of amides is 1. The Bertz CT molecular complexity index is 1040. The van der Waals surface area contributed by atoms with Gasteiger partial charge in [0, 0.05) is 11.3 Å². The minimum Gasteiger partial charge on any atom is -0.332 e. The molecule has 0 radical (unpaired) electrons.